The second-order valence-corrected chi connectivity index (χ2v) is 4.08. The summed E-state index contributed by atoms with van der Waals surface area (Å²) in [6.07, 6.45) is 3.54. The van der Waals surface area contributed by atoms with E-state index in [0.29, 0.717) is 0 Å². The van der Waals surface area contributed by atoms with Gasteiger partial charge in [-0.25, -0.2) is 0 Å². The van der Waals surface area contributed by atoms with Crippen molar-refractivity contribution in [2.75, 3.05) is 4.90 Å². The summed E-state index contributed by atoms with van der Waals surface area (Å²) in [7, 11) is 0. The quantitative estimate of drug-likeness (QED) is 0.730. The van der Waals surface area contributed by atoms with Gasteiger partial charge in [0.25, 0.3) is 0 Å². The maximum atomic E-state index is 11.7. The lowest BCUT2D eigenvalue weighted by molar-refractivity contribution is -0.118. The number of carbonyl (C=O) groups excluding carboxylic acids is 2. The third-order valence-electron chi connectivity index (χ3n) is 3.04. The van der Waals surface area contributed by atoms with Crippen molar-refractivity contribution in [2.45, 2.75) is 26.3 Å². The van der Waals surface area contributed by atoms with E-state index >= 15 is 0 Å². The van der Waals surface area contributed by atoms with Crippen LogP contribution in [0.2, 0.25) is 0 Å². The number of carbonyl (C=O) groups is 2. The van der Waals surface area contributed by atoms with Crippen molar-refractivity contribution in [2.24, 2.45) is 0 Å². The van der Waals surface area contributed by atoms with Crippen molar-refractivity contribution >= 4 is 23.5 Å². The molecule has 1 heterocycles. The zero-order valence-electron chi connectivity index (χ0n) is 10.0. The number of rotatable bonds is 2. The van der Waals surface area contributed by atoms with Gasteiger partial charge in [0.15, 0.2) is 0 Å². The Kier molecular flexibility index (Phi) is 3.09. The number of aldehydes is 1. The summed E-state index contributed by atoms with van der Waals surface area (Å²) in [4.78, 5) is 24.3. The molecule has 3 nitrogen and oxygen atoms in total. The highest BCUT2D eigenvalue weighted by molar-refractivity contribution is 6.02. The normalized spacial score (nSPS) is 18.4. The molecule has 0 aromatic heterocycles. The first-order valence-electron chi connectivity index (χ1n) is 5.74. The van der Waals surface area contributed by atoms with E-state index in [0.717, 1.165) is 29.5 Å². The van der Waals surface area contributed by atoms with E-state index in [1.54, 1.807) is 4.90 Å². The Bertz CT molecular complexity index is 491. The lowest BCUT2D eigenvalue weighted by Gasteiger charge is -2.32. The minimum Gasteiger partial charge on any atom is -0.301 e. The highest BCUT2D eigenvalue weighted by atomic mass is 16.2. The first-order chi connectivity index (χ1) is 8.19. The molecule has 1 aliphatic rings. The number of nitrogens with zero attached hydrogens (tertiary/aromatic N) is 1. The average Bonchev–Trinajstić information content (AvgIpc) is 2.36. The van der Waals surface area contributed by atoms with E-state index in [1.165, 1.54) is 6.92 Å². The highest BCUT2D eigenvalue weighted by Gasteiger charge is 2.27. The van der Waals surface area contributed by atoms with Gasteiger partial charge in [0.05, 0.1) is 5.69 Å². The number of para-hydroxylation sites is 1. The number of fused-ring (bicyclic) bond motifs is 1. The van der Waals surface area contributed by atoms with Crippen LogP contribution in [0.4, 0.5) is 5.69 Å². The van der Waals surface area contributed by atoms with Crippen LogP contribution in [0, 0.1) is 0 Å². The van der Waals surface area contributed by atoms with Crippen LogP contribution in [0.5, 0.6) is 0 Å². The molecule has 17 heavy (non-hydrogen) atoms. The number of hydrogen-bond acceptors (Lipinski definition) is 2. The van der Waals surface area contributed by atoms with Gasteiger partial charge in [0.2, 0.25) is 5.91 Å². The molecule has 1 aliphatic heterocycles. The monoisotopic (exact) mass is 229 g/mol. The molecular weight excluding hydrogens is 214 g/mol. The van der Waals surface area contributed by atoms with E-state index in [2.05, 4.69) is 0 Å². The summed E-state index contributed by atoms with van der Waals surface area (Å²) >= 11 is 0. The van der Waals surface area contributed by atoms with Crippen LogP contribution in [0.3, 0.4) is 0 Å². The van der Waals surface area contributed by atoms with Gasteiger partial charge in [0.1, 0.15) is 12.3 Å². The van der Waals surface area contributed by atoms with Crippen LogP contribution >= 0.6 is 0 Å². The van der Waals surface area contributed by atoms with E-state index < -0.39 is 6.04 Å². The second-order valence-electron chi connectivity index (χ2n) is 4.08. The molecule has 1 amide bonds. The lowest BCUT2D eigenvalue weighted by atomic mass is 9.94. The first-order valence-corrected chi connectivity index (χ1v) is 5.74. The van der Waals surface area contributed by atoms with E-state index in [-0.39, 0.29) is 5.91 Å². The van der Waals surface area contributed by atoms with Crippen molar-refractivity contribution < 1.29 is 9.59 Å². The number of allylic oxidation sites excluding steroid dienone is 1. The summed E-state index contributed by atoms with van der Waals surface area (Å²) in [5.74, 6) is -0.110. The van der Waals surface area contributed by atoms with Crippen LogP contribution < -0.4 is 4.90 Å². The molecule has 1 atom stereocenters. The van der Waals surface area contributed by atoms with Gasteiger partial charge in [-0.1, -0.05) is 31.2 Å². The molecule has 0 saturated carbocycles. The van der Waals surface area contributed by atoms with E-state index in [9.17, 15) is 9.59 Å². The minimum absolute atomic E-state index is 0.110. The molecule has 0 aliphatic carbocycles. The highest BCUT2D eigenvalue weighted by Crippen LogP contribution is 2.35. The van der Waals surface area contributed by atoms with E-state index in [4.69, 9.17) is 0 Å². The summed E-state index contributed by atoms with van der Waals surface area (Å²) in [6, 6.07) is 7.23. The first kappa shape index (κ1) is 11.6. The predicted molar refractivity (Wildman–Crippen MR) is 67.7 cm³/mol. The zero-order valence-corrected chi connectivity index (χ0v) is 10.0. The van der Waals surface area contributed by atoms with Gasteiger partial charge in [-0.2, -0.15) is 0 Å². The average molecular weight is 229 g/mol. The maximum absolute atomic E-state index is 11.7. The van der Waals surface area contributed by atoms with Crippen LogP contribution in [0.15, 0.2) is 30.3 Å². The van der Waals surface area contributed by atoms with Crippen molar-refractivity contribution in [3.8, 4) is 0 Å². The molecule has 0 unspecified atom stereocenters. The topological polar surface area (TPSA) is 37.4 Å². The maximum Gasteiger partial charge on any atom is 0.224 e. The summed E-state index contributed by atoms with van der Waals surface area (Å²) in [6.45, 7) is 3.53. The second kappa shape index (κ2) is 4.53. The Balaban J connectivity index is 2.61. The number of amides is 1. The Morgan fingerprint density at radius 2 is 2.12 bits per heavy atom. The van der Waals surface area contributed by atoms with Crippen molar-refractivity contribution in [3.63, 3.8) is 0 Å². The van der Waals surface area contributed by atoms with Crippen LogP contribution in [0.1, 0.15) is 25.8 Å². The molecular formula is C14H15NO2. The van der Waals surface area contributed by atoms with Crippen LogP contribution in [-0.2, 0) is 9.59 Å². The standard InChI is InChI=1S/C14H15NO2/c1-3-11-8-12(9-16)15(10(2)17)14-7-5-4-6-13(11)14/h4-9,12H,3H2,1-2H3/t12-/m0/s1. The van der Waals surface area contributed by atoms with Crippen molar-refractivity contribution in [1.29, 1.82) is 0 Å². The van der Waals surface area contributed by atoms with Crippen molar-refractivity contribution in [1.82, 2.24) is 0 Å². The molecule has 3 heteroatoms. The van der Waals surface area contributed by atoms with Crippen LogP contribution in [0.25, 0.3) is 5.57 Å². The zero-order chi connectivity index (χ0) is 12.4. The van der Waals surface area contributed by atoms with E-state index in [1.807, 2.05) is 37.3 Å². The number of hydrogen-bond donors (Lipinski definition) is 0. The smallest absolute Gasteiger partial charge is 0.224 e. The van der Waals surface area contributed by atoms with Gasteiger partial charge in [-0.15, -0.1) is 0 Å². The Labute approximate surface area is 101 Å². The summed E-state index contributed by atoms with van der Waals surface area (Å²) in [5.41, 5.74) is 3.00. The molecule has 0 N–H and O–H groups in total. The van der Waals surface area contributed by atoms with Gasteiger partial charge in [-0.3, -0.25) is 9.69 Å². The third-order valence-corrected chi connectivity index (χ3v) is 3.04. The molecule has 88 valence electrons. The number of benzene rings is 1. The summed E-state index contributed by atoms with van der Waals surface area (Å²) in [5, 5.41) is 0. The van der Waals surface area contributed by atoms with Gasteiger partial charge in [0, 0.05) is 12.5 Å². The minimum atomic E-state index is -0.475. The predicted octanol–water partition coefficient (Wildman–Crippen LogP) is 2.41. The molecule has 2 rings (SSSR count). The fourth-order valence-corrected chi connectivity index (χ4v) is 2.27. The number of anilines is 1. The lowest BCUT2D eigenvalue weighted by Crippen LogP contribution is -2.41. The molecule has 0 saturated heterocycles. The largest absolute Gasteiger partial charge is 0.301 e. The SMILES string of the molecule is CCC1=C[C@@H](C=O)N(C(C)=O)c2ccccc21. The van der Waals surface area contributed by atoms with Gasteiger partial charge >= 0.3 is 0 Å². The van der Waals surface area contributed by atoms with Gasteiger partial charge < -0.3 is 4.79 Å². The fourth-order valence-electron chi connectivity index (χ4n) is 2.27. The fraction of sp³-hybridized carbons (Fsp3) is 0.286. The Hall–Kier alpha value is -1.90. The van der Waals surface area contributed by atoms with Gasteiger partial charge in [-0.05, 0) is 18.1 Å². The molecule has 0 bridgehead atoms. The molecule has 0 radical (unpaired) electrons. The van der Waals surface area contributed by atoms with Crippen molar-refractivity contribution in [3.05, 3.63) is 35.9 Å². The van der Waals surface area contributed by atoms with Crippen LogP contribution in [-0.4, -0.2) is 18.2 Å². The molecule has 0 spiro atoms. The summed E-state index contributed by atoms with van der Waals surface area (Å²) < 4.78 is 0. The molecule has 1 aromatic carbocycles. The molecule has 0 fully saturated rings. The molecule has 1 aromatic rings. The third kappa shape index (κ3) is 1.88. The Morgan fingerprint density at radius 3 is 2.71 bits per heavy atom. The Morgan fingerprint density at radius 1 is 1.41 bits per heavy atom.